The number of amides is 2. The van der Waals surface area contributed by atoms with Crippen LogP contribution < -0.4 is 10.6 Å². The van der Waals surface area contributed by atoms with Crippen molar-refractivity contribution in [2.45, 2.75) is 149 Å². The number of unbranched alkanes of at least 4 members (excludes halogenated alkanes) is 5. The molecule has 2 fully saturated rings. The highest BCUT2D eigenvalue weighted by Crippen LogP contribution is 2.26. The summed E-state index contributed by atoms with van der Waals surface area (Å²) in [6.45, 7) is -3.53. The Balaban J connectivity index is 1.71. The maximum atomic E-state index is 12.5. The molecule has 0 aliphatic carbocycles. The third kappa shape index (κ3) is 13.9. The molecule has 0 bridgehead atoms. The lowest BCUT2D eigenvalue weighted by Gasteiger charge is -2.42. The van der Waals surface area contributed by atoms with Gasteiger partial charge in [0.05, 0.1) is 26.4 Å². The maximum absolute atomic E-state index is 12.5. The van der Waals surface area contributed by atoms with Gasteiger partial charge in [0.2, 0.25) is 0 Å². The van der Waals surface area contributed by atoms with Crippen LogP contribution >= 0.6 is 0 Å². The minimum Gasteiger partial charge on any atom is -0.394 e. The molecular weight excluding hydrogens is 764 g/mol. The van der Waals surface area contributed by atoms with Crippen LogP contribution in [0.25, 0.3) is 0 Å². The summed E-state index contributed by atoms with van der Waals surface area (Å²) in [7, 11) is 0. The SMILES string of the molecule is O=C(NCCCCCCCCNC(=O)[C@H](O)[C@@H](O)[C@H](O[C@@H]1O[C@H](CO)[C@H](O)[C@H](O)[C@H]1O)[C@@H](O)CO)[C@H](O)[C@@H](O)[C@H](O[C@@H]1O[C@H](CO)[C@H](O)[C@H](O)[C@H]1O)[C@H](O)CO. The molecule has 0 aromatic carbocycles. The van der Waals surface area contributed by atoms with E-state index in [2.05, 4.69) is 10.6 Å². The van der Waals surface area contributed by atoms with Gasteiger partial charge in [-0.15, -0.1) is 0 Å². The van der Waals surface area contributed by atoms with Gasteiger partial charge >= 0.3 is 0 Å². The summed E-state index contributed by atoms with van der Waals surface area (Å²) in [4.78, 5) is 25.0. The Morgan fingerprint density at radius 3 is 1.12 bits per heavy atom. The highest BCUT2D eigenvalue weighted by Gasteiger charge is 2.49. The fraction of sp³-hybridized carbons (Fsp3) is 0.938. The Morgan fingerprint density at radius 1 is 0.500 bits per heavy atom. The predicted molar refractivity (Wildman–Crippen MR) is 181 cm³/mol. The molecule has 0 aromatic rings. The molecule has 0 radical (unpaired) electrons. The smallest absolute Gasteiger partial charge is 0.251 e. The van der Waals surface area contributed by atoms with Crippen LogP contribution in [0.5, 0.6) is 0 Å². The zero-order valence-electron chi connectivity index (χ0n) is 30.5. The van der Waals surface area contributed by atoms with E-state index in [9.17, 15) is 91.3 Å². The van der Waals surface area contributed by atoms with Crippen molar-refractivity contribution in [3.05, 3.63) is 0 Å². The van der Waals surface area contributed by atoms with Gasteiger partial charge in [0, 0.05) is 13.1 Å². The van der Waals surface area contributed by atoms with Gasteiger partial charge in [-0.3, -0.25) is 9.59 Å². The molecule has 2 amide bonds. The molecule has 24 heteroatoms. The van der Waals surface area contributed by atoms with Gasteiger partial charge in [0.15, 0.2) is 24.8 Å². The molecule has 18 atom stereocenters. The normalized spacial score (nSPS) is 32.7. The predicted octanol–water partition coefficient (Wildman–Crippen LogP) is -9.92. The maximum Gasteiger partial charge on any atom is 0.251 e. The summed E-state index contributed by atoms with van der Waals surface area (Å²) in [5, 5.41) is 165. The molecule has 2 heterocycles. The van der Waals surface area contributed by atoms with Crippen molar-refractivity contribution in [3.63, 3.8) is 0 Å². The summed E-state index contributed by atoms with van der Waals surface area (Å²) < 4.78 is 20.9. The van der Waals surface area contributed by atoms with Crippen LogP contribution in [0.4, 0.5) is 0 Å². The lowest BCUT2D eigenvalue weighted by molar-refractivity contribution is -0.326. The molecule has 0 saturated carbocycles. The van der Waals surface area contributed by atoms with Crippen molar-refractivity contribution in [2.75, 3.05) is 39.5 Å². The second-order valence-electron chi connectivity index (χ2n) is 13.7. The minimum absolute atomic E-state index is 0.0613. The number of carbonyl (C=O) groups is 2. The molecule has 56 heavy (non-hydrogen) atoms. The highest BCUT2D eigenvalue weighted by molar-refractivity contribution is 5.81. The van der Waals surface area contributed by atoms with Crippen LogP contribution in [0.2, 0.25) is 0 Å². The van der Waals surface area contributed by atoms with Crippen molar-refractivity contribution in [1.82, 2.24) is 10.6 Å². The lowest BCUT2D eigenvalue weighted by atomic mass is 9.98. The summed E-state index contributed by atoms with van der Waals surface area (Å²) in [6, 6.07) is 0. The number of aliphatic hydroxyl groups excluding tert-OH is 16. The number of aliphatic hydroxyl groups is 16. The van der Waals surface area contributed by atoms with Crippen LogP contribution in [0.1, 0.15) is 38.5 Å². The van der Waals surface area contributed by atoms with Crippen LogP contribution in [0.3, 0.4) is 0 Å². The van der Waals surface area contributed by atoms with E-state index < -0.39 is 148 Å². The van der Waals surface area contributed by atoms with Gasteiger partial charge in [-0.05, 0) is 12.8 Å². The standard InChI is InChI=1S/C32H60N2O22/c35-9-13(39)27(55-31-25(49)19(43)17(41)15(11-37)53-31)21(45)23(47)29(51)33-7-5-3-1-2-4-6-8-34-30(52)24(48)22(46)28(14(40)10-36)56-32-26(50)20(44)18(42)16(12-38)54-32/h13-28,31-32,35-50H,1-12H2,(H,33,51)(H,34,52)/t13-,14+,15-,16-,17+,18+,19+,20+,21-,22-,23-,24-,25-,26-,27-,28-,31+,32+/m1/s1. The molecule has 24 nitrogen and oxygen atoms in total. The quantitative estimate of drug-likeness (QED) is 0.0380. The van der Waals surface area contributed by atoms with Gasteiger partial charge in [-0.1, -0.05) is 25.7 Å². The van der Waals surface area contributed by atoms with Gasteiger partial charge in [-0.25, -0.2) is 0 Å². The summed E-state index contributed by atoms with van der Waals surface area (Å²) >= 11 is 0. The zero-order chi connectivity index (χ0) is 42.3. The molecule has 330 valence electrons. The molecule has 2 rings (SSSR count). The van der Waals surface area contributed by atoms with E-state index in [-0.39, 0.29) is 13.1 Å². The van der Waals surface area contributed by atoms with Crippen molar-refractivity contribution in [1.29, 1.82) is 0 Å². The van der Waals surface area contributed by atoms with Gasteiger partial charge < -0.3 is 111 Å². The van der Waals surface area contributed by atoms with E-state index in [0.29, 0.717) is 38.5 Å². The summed E-state index contributed by atoms with van der Waals surface area (Å²) in [6.07, 6.45) is -30.6. The average molecular weight is 825 g/mol. The molecular formula is C32H60N2O22. The first-order valence-electron chi connectivity index (χ1n) is 18.2. The molecule has 18 N–H and O–H groups in total. The lowest BCUT2D eigenvalue weighted by Crippen LogP contribution is -2.62. The fourth-order valence-electron chi connectivity index (χ4n) is 5.93. The van der Waals surface area contributed by atoms with E-state index in [1.807, 2.05) is 0 Å². The average Bonchev–Trinajstić information content (AvgIpc) is 3.20. The van der Waals surface area contributed by atoms with Crippen molar-refractivity contribution >= 4 is 11.8 Å². The molecule has 0 unspecified atom stereocenters. The molecule has 0 spiro atoms. The highest BCUT2D eigenvalue weighted by atomic mass is 16.7. The van der Waals surface area contributed by atoms with Crippen LogP contribution in [0.15, 0.2) is 0 Å². The molecule has 2 aliphatic heterocycles. The topological polar surface area (TPSA) is 419 Å². The monoisotopic (exact) mass is 824 g/mol. The van der Waals surface area contributed by atoms with Crippen LogP contribution in [-0.2, 0) is 28.5 Å². The van der Waals surface area contributed by atoms with Crippen molar-refractivity contribution in [3.8, 4) is 0 Å². The fourth-order valence-corrected chi connectivity index (χ4v) is 5.93. The number of ether oxygens (including phenoxy) is 4. The molecule has 2 aliphatic rings. The third-order valence-electron chi connectivity index (χ3n) is 9.47. The second-order valence-corrected chi connectivity index (χ2v) is 13.7. The molecule has 0 aromatic heterocycles. The second kappa shape index (κ2) is 24.9. The van der Waals surface area contributed by atoms with Crippen molar-refractivity contribution in [2.24, 2.45) is 0 Å². The largest absolute Gasteiger partial charge is 0.394 e. The summed E-state index contributed by atoms with van der Waals surface area (Å²) in [5.41, 5.74) is 0. The number of nitrogens with one attached hydrogen (secondary N) is 2. The van der Waals surface area contributed by atoms with Crippen LogP contribution in [0, 0.1) is 0 Å². The number of hydrogen-bond donors (Lipinski definition) is 18. The Bertz CT molecular complexity index is 1040. The number of hydrogen-bond acceptors (Lipinski definition) is 22. The Kier molecular flexibility index (Phi) is 22.4. The van der Waals surface area contributed by atoms with Gasteiger partial charge in [0.25, 0.3) is 11.8 Å². The minimum atomic E-state index is -2.19. The first-order valence-corrected chi connectivity index (χ1v) is 18.2. The third-order valence-corrected chi connectivity index (χ3v) is 9.47. The van der Waals surface area contributed by atoms with Gasteiger partial charge in [-0.2, -0.15) is 0 Å². The Labute approximate surface area is 321 Å². The van der Waals surface area contributed by atoms with E-state index >= 15 is 0 Å². The Hall–Kier alpha value is -1.86. The Morgan fingerprint density at radius 2 is 0.821 bits per heavy atom. The zero-order valence-corrected chi connectivity index (χ0v) is 30.5. The van der Waals surface area contributed by atoms with Crippen molar-refractivity contribution < 1.29 is 110 Å². The summed E-state index contributed by atoms with van der Waals surface area (Å²) in [5.74, 6) is -2.13. The first-order chi connectivity index (χ1) is 26.5. The number of carbonyl (C=O) groups excluding carboxylic acids is 2. The van der Waals surface area contributed by atoms with Gasteiger partial charge in [0.1, 0.15) is 85.5 Å². The van der Waals surface area contributed by atoms with E-state index in [4.69, 9.17) is 18.9 Å². The first kappa shape index (κ1) is 50.3. The van der Waals surface area contributed by atoms with E-state index in [1.165, 1.54) is 0 Å². The van der Waals surface area contributed by atoms with Crippen LogP contribution in [-0.4, -0.2) is 243 Å². The molecule has 2 saturated heterocycles. The van der Waals surface area contributed by atoms with E-state index in [1.54, 1.807) is 0 Å². The van der Waals surface area contributed by atoms with E-state index in [0.717, 1.165) is 0 Å². The number of rotatable bonds is 25.